The Kier molecular flexibility index (Phi) is 2.61. The monoisotopic (exact) mass is 333 g/mol. The molecule has 26 heavy (non-hydrogen) atoms. The van der Waals surface area contributed by atoms with Crippen molar-refractivity contribution in [3.63, 3.8) is 0 Å². The van der Waals surface area contributed by atoms with Crippen molar-refractivity contribution in [2.75, 3.05) is 0 Å². The summed E-state index contributed by atoms with van der Waals surface area (Å²) in [6.07, 6.45) is 0. The Morgan fingerprint density at radius 1 is 0.577 bits per heavy atom. The van der Waals surface area contributed by atoms with Gasteiger partial charge in [-0.05, 0) is 41.8 Å². The van der Waals surface area contributed by atoms with Crippen molar-refractivity contribution in [3.8, 4) is 5.69 Å². The first-order chi connectivity index (χ1) is 12.9. The van der Waals surface area contributed by atoms with Gasteiger partial charge in [-0.15, -0.1) is 0 Å². The smallest absolute Gasteiger partial charge is 0.220 e. The van der Waals surface area contributed by atoms with Crippen LogP contribution in [0.2, 0.25) is 0 Å². The van der Waals surface area contributed by atoms with E-state index in [1.165, 1.54) is 21.8 Å². The van der Waals surface area contributed by atoms with Crippen LogP contribution in [-0.4, -0.2) is 14.0 Å². The van der Waals surface area contributed by atoms with Gasteiger partial charge in [0.15, 0.2) is 0 Å². The molecule has 2 heterocycles. The molecular formula is C23H15N3. The van der Waals surface area contributed by atoms with Crippen LogP contribution in [0, 0.1) is 0 Å². The summed E-state index contributed by atoms with van der Waals surface area (Å²) in [5, 5.41) is 2.50. The van der Waals surface area contributed by atoms with E-state index in [9.17, 15) is 0 Å². The lowest BCUT2D eigenvalue weighted by Gasteiger charge is -2.17. The molecule has 6 aromatic rings. The molecule has 2 aromatic heterocycles. The highest BCUT2D eigenvalue weighted by Gasteiger charge is 2.16. The predicted octanol–water partition coefficient (Wildman–Crippen LogP) is 5.58. The minimum absolute atomic E-state index is 0.934. The first-order valence-electron chi connectivity index (χ1n) is 8.76. The van der Waals surface area contributed by atoms with Gasteiger partial charge in [0.25, 0.3) is 0 Å². The predicted molar refractivity (Wildman–Crippen MR) is 107 cm³/mol. The van der Waals surface area contributed by atoms with E-state index in [-0.39, 0.29) is 0 Å². The van der Waals surface area contributed by atoms with E-state index in [1.54, 1.807) is 0 Å². The summed E-state index contributed by atoms with van der Waals surface area (Å²) in [7, 11) is 0. The van der Waals surface area contributed by atoms with Crippen LogP contribution in [-0.2, 0) is 0 Å². The van der Waals surface area contributed by atoms with Gasteiger partial charge in [0.1, 0.15) is 0 Å². The normalized spacial score (nSPS) is 11.8. The van der Waals surface area contributed by atoms with Crippen LogP contribution in [0.3, 0.4) is 0 Å². The third-order valence-electron chi connectivity index (χ3n) is 5.10. The Labute approximate surface area is 149 Å². The average molecular weight is 333 g/mol. The summed E-state index contributed by atoms with van der Waals surface area (Å²) in [6, 6.07) is 31.8. The van der Waals surface area contributed by atoms with Crippen LogP contribution < -0.4 is 0 Å². The van der Waals surface area contributed by atoms with Gasteiger partial charge < -0.3 is 0 Å². The van der Waals surface area contributed by atoms with Crippen molar-refractivity contribution in [3.05, 3.63) is 91.0 Å². The fourth-order valence-corrected chi connectivity index (χ4v) is 4.01. The second-order valence-corrected chi connectivity index (χ2v) is 6.56. The molecule has 4 aromatic carbocycles. The van der Waals surface area contributed by atoms with E-state index in [0.717, 1.165) is 22.5 Å². The maximum absolute atomic E-state index is 4.99. The van der Waals surface area contributed by atoms with Crippen molar-refractivity contribution in [1.82, 2.24) is 14.0 Å². The third kappa shape index (κ3) is 1.69. The summed E-state index contributed by atoms with van der Waals surface area (Å²) < 4.78 is 4.53. The number of hydrogen-bond acceptors (Lipinski definition) is 1. The molecular weight excluding hydrogens is 318 g/mol. The summed E-state index contributed by atoms with van der Waals surface area (Å²) >= 11 is 0. The van der Waals surface area contributed by atoms with Crippen molar-refractivity contribution >= 4 is 38.6 Å². The Balaban J connectivity index is 2.00. The number of fused-ring (bicyclic) bond motifs is 4. The fraction of sp³-hybridized carbons (Fsp3) is 0. The fourth-order valence-electron chi connectivity index (χ4n) is 4.01. The van der Waals surface area contributed by atoms with E-state index in [2.05, 4.69) is 87.8 Å². The molecule has 3 heteroatoms. The topological polar surface area (TPSA) is 22.2 Å². The van der Waals surface area contributed by atoms with E-state index >= 15 is 0 Å². The lowest BCUT2D eigenvalue weighted by atomic mass is 10.1. The molecule has 6 rings (SSSR count). The average Bonchev–Trinajstić information content (AvgIpc) is 3.08. The number of aromatic nitrogens is 3. The van der Waals surface area contributed by atoms with E-state index in [1.807, 2.05) is 12.1 Å². The lowest BCUT2D eigenvalue weighted by Crippen LogP contribution is -2.05. The first-order valence-corrected chi connectivity index (χ1v) is 8.76. The molecule has 0 saturated carbocycles. The number of benzene rings is 4. The molecule has 0 saturated heterocycles. The summed E-state index contributed by atoms with van der Waals surface area (Å²) in [5.41, 5.74) is 5.62. The molecule has 0 amide bonds. The molecule has 0 radical (unpaired) electrons. The van der Waals surface area contributed by atoms with Crippen LogP contribution in [0.25, 0.3) is 44.3 Å². The first kappa shape index (κ1) is 13.7. The van der Waals surface area contributed by atoms with Crippen LogP contribution in [0.1, 0.15) is 0 Å². The number of para-hydroxylation sites is 3. The second-order valence-electron chi connectivity index (χ2n) is 6.56. The lowest BCUT2D eigenvalue weighted by molar-refractivity contribution is 1.06. The van der Waals surface area contributed by atoms with Gasteiger partial charge in [-0.1, -0.05) is 54.6 Å². The molecule has 0 unspecified atom stereocenters. The molecule has 0 N–H and O–H groups in total. The number of nitrogens with zero attached hydrogens (tertiary/aromatic N) is 3. The Morgan fingerprint density at radius 3 is 2.12 bits per heavy atom. The van der Waals surface area contributed by atoms with Gasteiger partial charge in [-0.2, -0.15) is 0 Å². The quantitative estimate of drug-likeness (QED) is 0.385. The largest absolute Gasteiger partial charge is 0.280 e. The van der Waals surface area contributed by atoms with Gasteiger partial charge in [-0.3, -0.25) is 8.97 Å². The van der Waals surface area contributed by atoms with Gasteiger partial charge in [0, 0.05) is 11.1 Å². The molecule has 0 atom stereocenters. The zero-order valence-corrected chi connectivity index (χ0v) is 14.0. The maximum Gasteiger partial charge on any atom is 0.220 e. The van der Waals surface area contributed by atoms with E-state index in [0.29, 0.717) is 0 Å². The highest BCUT2D eigenvalue weighted by Crippen LogP contribution is 2.32. The van der Waals surface area contributed by atoms with Crippen molar-refractivity contribution in [2.45, 2.75) is 0 Å². The van der Waals surface area contributed by atoms with Crippen LogP contribution in [0.15, 0.2) is 91.0 Å². The molecule has 3 nitrogen and oxygen atoms in total. The standard InChI is InChI=1S/C23H15N3/c1-2-10-17(11-3-1)25-20-14-6-8-16-9-7-15-21(22(16)20)26-19-13-5-4-12-18(19)24-23(25)26/h1-15H. The molecule has 0 aliphatic rings. The summed E-state index contributed by atoms with van der Waals surface area (Å²) in [4.78, 5) is 4.99. The molecule has 0 aliphatic heterocycles. The zero-order chi connectivity index (χ0) is 17.1. The Hall–Kier alpha value is -3.59. The van der Waals surface area contributed by atoms with E-state index in [4.69, 9.17) is 4.98 Å². The molecule has 0 bridgehead atoms. The molecule has 0 fully saturated rings. The molecule has 122 valence electrons. The SMILES string of the molecule is c1ccc(-n2c3cccc4cccc(c43)n3c4ccccc4nc23)cc1. The highest BCUT2D eigenvalue weighted by atomic mass is 15.2. The summed E-state index contributed by atoms with van der Waals surface area (Å²) in [5.74, 6) is 0.934. The van der Waals surface area contributed by atoms with Crippen molar-refractivity contribution < 1.29 is 0 Å². The van der Waals surface area contributed by atoms with Gasteiger partial charge in [-0.25, -0.2) is 4.98 Å². The van der Waals surface area contributed by atoms with Crippen molar-refractivity contribution in [1.29, 1.82) is 0 Å². The number of rotatable bonds is 1. The minimum Gasteiger partial charge on any atom is -0.280 e. The Bertz CT molecular complexity index is 1420. The maximum atomic E-state index is 4.99. The zero-order valence-electron chi connectivity index (χ0n) is 14.0. The Morgan fingerprint density at radius 2 is 1.27 bits per heavy atom. The highest BCUT2D eigenvalue weighted by molar-refractivity contribution is 6.10. The second kappa shape index (κ2) is 4.96. The minimum atomic E-state index is 0.934. The molecule has 0 aliphatic carbocycles. The molecule has 0 spiro atoms. The van der Waals surface area contributed by atoms with Crippen LogP contribution in [0.4, 0.5) is 0 Å². The van der Waals surface area contributed by atoms with Gasteiger partial charge in [0.05, 0.1) is 22.1 Å². The number of hydrogen-bond donors (Lipinski definition) is 0. The van der Waals surface area contributed by atoms with Crippen molar-refractivity contribution in [2.24, 2.45) is 0 Å². The summed E-state index contributed by atoms with van der Waals surface area (Å²) in [6.45, 7) is 0. The number of imidazole rings is 1. The van der Waals surface area contributed by atoms with Crippen LogP contribution in [0.5, 0.6) is 0 Å². The van der Waals surface area contributed by atoms with Gasteiger partial charge in [0.2, 0.25) is 5.78 Å². The van der Waals surface area contributed by atoms with Crippen LogP contribution >= 0.6 is 0 Å². The third-order valence-corrected chi connectivity index (χ3v) is 5.10. The van der Waals surface area contributed by atoms with Gasteiger partial charge >= 0.3 is 0 Å². The van der Waals surface area contributed by atoms with E-state index < -0.39 is 0 Å².